The molecule has 4 heterocycles. The molecule has 0 saturated carbocycles. The molecule has 4 fully saturated rings. The summed E-state index contributed by atoms with van der Waals surface area (Å²) in [4.78, 5) is 24.1. The Morgan fingerprint density at radius 2 is 0.863 bits per heavy atom. The first-order valence-electron chi connectivity index (χ1n) is 16.1. The summed E-state index contributed by atoms with van der Waals surface area (Å²) in [7, 11) is 0. The second-order valence-electron chi connectivity index (χ2n) is 12.6. The highest BCUT2D eigenvalue weighted by Gasteiger charge is 2.56. The van der Waals surface area contributed by atoms with Crippen molar-refractivity contribution in [1.82, 2.24) is 10.6 Å². The number of aliphatic hydroxyl groups excluding tert-OH is 12. The number of hydrogen-bond donors (Lipinski definition) is 14. The van der Waals surface area contributed by atoms with E-state index in [2.05, 4.69) is 10.6 Å². The molecule has 20 atom stereocenters. The van der Waals surface area contributed by atoms with Crippen molar-refractivity contribution in [2.75, 3.05) is 26.4 Å². The van der Waals surface area contributed by atoms with Crippen LogP contribution in [0, 0.1) is 0 Å². The van der Waals surface area contributed by atoms with E-state index in [0.717, 1.165) is 13.8 Å². The van der Waals surface area contributed by atoms with Gasteiger partial charge in [-0.3, -0.25) is 9.59 Å². The Labute approximate surface area is 289 Å². The van der Waals surface area contributed by atoms with E-state index in [4.69, 9.17) is 33.2 Å². The molecule has 4 aliphatic rings. The Bertz CT molecular complexity index is 1140. The van der Waals surface area contributed by atoms with Crippen molar-refractivity contribution >= 4 is 11.8 Å². The Hall–Kier alpha value is -1.82. The number of nitrogens with one attached hydrogen (secondary N) is 2. The monoisotopic (exact) mass is 748 g/mol. The molecular formula is C28H48N2O21. The highest BCUT2D eigenvalue weighted by atomic mass is 16.8. The fraction of sp³-hybridized carbons (Fsp3) is 0.929. The molecular weight excluding hydrogens is 700 g/mol. The molecule has 14 N–H and O–H groups in total. The molecule has 4 rings (SSSR count). The standard InChI is InChI=1S/C28H48N2O21/c1-7(35)29-13-17(39)15(37)9(3-31)46-26(13)50-23-12(6-34)48-28(49-22-11(5-33)45-25(44)20(42)19(22)41)21(43)24(23)51-27-14(30-8(2)36)18(40)16(38)10(4-32)47-27/h9-28,31-34,37-44H,3-6H2,1-2H3,(H,29,35)(H,30,36)/t9-,10-,11-,12-,13-,14-,15+,16-,17-,18-,19-,20-,21-,22-,23+,24-,25-,26+,27+,28+/m1/s1. The third-order valence-electron chi connectivity index (χ3n) is 9.01. The van der Waals surface area contributed by atoms with E-state index >= 15 is 0 Å². The van der Waals surface area contributed by atoms with Gasteiger partial charge in [0.15, 0.2) is 25.2 Å². The van der Waals surface area contributed by atoms with Crippen molar-refractivity contribution in [1.29, 1.82) is 0 Å². The predicted octanol–water partition coefficient (Wildman–Crippen LogP) is -9.46. The number of carbonyl (C=O) groups excluding carboxylic acids is 2. The van der Waals surface area contributed by atoms with Gasteiger partial charge in [0.05, 0.1) is 26.4 Å². The number of rotatable bonds is 12. The second-order valence-corrected chi connectivity index (χ2v) is 12.6. The lowest BCUT2D eigenvalue weighted by atomic mass is 9.94. The number of carbonyl (C=O) groups is 2. The van der Waals surface area contributed by atoms with Crippen LogP contribution < -0.4 is 10.6 Å². The lowest BCUT2D eigenvalue weighted by Gasteiger charge is -2.51. The zero-order chi connectivity index (χ0) is 37.9. The number of aliphatic hydroxyl groups is 12. The molecule has 23 nitrogen and oxygen atoms in total. The molecule has 0 aromatic heterocycles. The summed E-state index contributed by atoms with van der Waals surface area (Å²) in [6.07, 6.45) is -32.1. The molecule has 51 heavy (non-hydrogen) atoms. The van der Waals surface area contributed by atoms with Gasteiger partial charge in [-0.1, -0.05) is 0 Å². The lowest BCUT2D eigenvalue weighted by molar-refractivity contribution is -0.389. The van der Waals surface area contributed by atoms with Crippen molar-refractivity contribution < 1.29 is 104 Å². The fourth-order valence-electron chi connectivity index (χ4n) is 6.35. The molecule has 0 aliphatic carbocycles. The second kappa shape index (κ2) is 18.0. The van der Waals surface area contributed by atoms with Crippen molar-refractivity contribution in [3.63, 3.8) is 0 Å². The molecule has 4 saturated heterocycles. The SMILES string of the molecule is CC(=O)N[C@H]1[C@H](O[C@@H]2[C@H](O[C@@H]3O[C@H](CO)[C@@H](O)[C@H](O)[C@H]3NC(C)=O)[C@@H](O)[C@H](O[C@H]3[C@H](O)[C@@H](O)[C@H](O)O[C@@H]3CO)O[C@@H]2CO)O[C@H](CO)[C@H](O)[C@@H]1O. The normalized spacial score (nSPS) is 47.8. The van der Waals surface area contributed by atoms with E-state index in [-0.39, 0.29) is 0 Å². The van der Waals surface area contributed by atoms with Crippen LogP contribution >= 0.6 is 0 Å². The maximum Gasteiger partial charge on any atom is 0.217 e. The highest BCUT2D eigenvalue weighted by molar-refractivity contribution is 5.73. The van der Waals surface area contributed by atoms with Crippen LogP contribution in [0.3, 0.4) is 0 Å². The van der Waals surface area contributed by atoms with E-state index < -0.39 is 161 Å². The molecule has 0 bridgehead atoms. The van der Waals surface area contributed by atoms with Crippen molar-refractivity contribution in [2.24, 2.45) is 0 Å². The minimum atomic E-state index is -2.11. The van der Waals surface area contributed by atoms with Gasteiger partial charge >= 0.3 is 0 Å². The lowest BCUT2D eigenvalue weighted by Crippen LogP contribution is -2.70. The van der Waals surface area contributed by atoms with Gasteiger partial charge in [-0.2, -0.15) is 0 Å². The molecule has 0 aromatic carbocycles. The summed E-state index contributed by atoms with van der Waals surface area (Å²) in [5, 5.41) is 130. The van der Waals surface area contributed by atoms with Gasteiger partial charge in [0.25, 0.3) is 0 Å². The average molecular weight is 749 g/mol. The zero-order valence-electron chi connectivity index (χ0n) is 27.4. The zero-order valence-corrected chi connectivity index (χ0v) is 27.4. The van der Waals surface area contributed by atoms with Gasteiger partial charge in [-0.15, -0.1) is 0 Å². The van der Waals surface area contributed by atoms with Crippen LogP contribution in [0.5, 0.6) is 0 Å². The Morgan fingerprint density at radius 1 is 0.471 bits per heavy atom. The molecule has 0 unspecified atom stereocenters. The van der Waals surface area contributed by atoms with Gasteiger partial charge in [0, 0.05) is 13.8 Å². The molecule has 0 radical (unpaired) electrons. The highest BCUT2D eigenvalue weighted by Crippen LogP contribution is 2.35. The van der Waals surface area contributed by atoms with Crippen LogP contribution in [0.4, 0.5) is 0 Å². The van der Waals surface area contributed by atoms with E-state index in [1.54, 1.807) is 0 Å². The summed E-state index contributed by atoms with van der Waals surface area (Å²) in [6, 6.07) is -3.13. The average Bonchev–Trinajstić information content (AvgIpc) is 3.09. The van der Waals surface area contributed by atoms with Crippen molar-refractivity contribution in [3.05, 3.63) is 0 Å². The molecule has 2 amide bonds. The fourth-order valence-corrected chi connectivity index (χ4v) is 6.35. The largest absolute Gasteiger partial charge is 0.394 e. The van der Waals surface area contributed by atoms with Crippen molar-refractivity contribution in [3.8, 4) is 0 Å². The number of hydrogen-bond acceptors (Lipinski definition) is 21. The Kier molecular flexibility index (Phi) is 14.8. The molecule has 296 valence electrons. The van der Waals surface area contributed by atoms with Gasteiger partial charge in [-0.05, 0) is 0 Å². The third kappa shape index (κ3) is 9.11. The maximum atomic E-state index is 12.1. The van der Waals surface area contributed by atoms with E-state index in [1.807, 2.05) is 0 Å². The minimum absolute atomic E-state index is 0.721. The summed E-state index contributed by atoms with van der Waals surface area (Å²) in [5.41, 5.74) is 0. The van der Waals surface area contributed by atoms with Crippen LogP contribution in [0.2, 0.25) is 0 Å². The molecule has 4 aliphatic heterocycles. The van der Waals surface area contributed by atoms with Crippen LogP contribution in [0.15, 0.2) is 0 Å². The van der Waals surface area contributed by atoms with E-state index in [0.29, 0.717) is 0 Å². The van der Waals surface area contributed by atoms with Crippen LogP contribution in [0.1, 0.15) is 13.8 Å². The summed E-state index contributed by atoms with van der Waals surface area (Å²) in [6.45, 7) is -1.41. The van der Waals surface area contributed by atoms with Crippen molar-refractivity contribution in [2.45, 2.75) is 137 Å². The van der Waals surface area contributed by atoms with Gasteiger partial charge in [0.1, 0.15) is 97.5 Å². The topological polar surface area (TPSA) is 366 Å². The van der Waals surface area contributed by atoms with Crippen LogP contribution in [-0.2, 0) is 42.7 Å². The maximum absolute atomic E-state index is 12.1. The Morgan fingerprint density at radius 3 is 1.29 bits per heavy atom. The van der Waals surface area contributed by atoms with E-state index in [1.165, 1.54) is 0 Å². The van der Waals surface area contributed by atoms with Crippen LogP contribution in [0.25, 0.3) is 0 Å². The first-order valence-corrected chi connectivity index (χ1v) is 16.1. The molecule has 0 spiro atoms. The summed E-state index contributed by atoms with van der Waals surface area (Å²) >= 11 is 0. The smallest absolute Gasteiger partial charge is 0.217 e. The molecule has 0 aromatic rings. The first kappa shape index (κ1) is 41.9. The first-order chi connectivity index (χ1) is 24.1. The molecule has 23 heteroatoms. The summed E-state index contributed by atoms with van der Waals surface area (Å²) in [5.74, 6) is -1.46. The summed E-state index contributed by atoms with van der Waals surface area (Å²) < 4.78 is 39.9. The quantitative estimate of drug-likeness (QED) is 0.0881. The third-order valence-corrected chi connectivity index (χ3v) is 9.01. The van der Waals surface area contributed by atoms with E-state index in [9.17, 15) is 70.9 Å². The minimum Gasteiger partial charge on any atom is -0.394 e. The number of ether oxygens (including phenoxy) is 7. The predicted molar refractivity (Wildman–Crippen MR) is 157 cm³/mol. The van der Waals surface area contributed by atoms with Gasteiger partial charge < -0.3 is 105 Å². The van der Waals surface area contributed by atoms with Crippen LogP contribution in [-0.4, -0.2) is 222 Å². The number of amides is 2. The van der Waals surface area contributed by atoms with Gasteiger partial charge in [-0.25, -0.2) is 0 Å². The Balaban J connectivity index is 1.74. The van der Waals surface area contributed by atoms with Gasteiger partial charge in [0.2, 0.25) is 11.8 Å².